The third-order valence-electron chi connectivity index (χ3n) is 5.86. The van der Waals surface area contributed by atoms with Crippen LogP contribution in [0.25, 0.3) is 0 Å². The largest absolute Gasteiger partial charge is 0.385 e. The molecule has 30 heavy (non-hydrogen) atoms. The molecule has 3 heterocycles. The molecule has 1 aromatic heterocycles. The summed E-state index contributed by atoms with van der Waals surface area (Å²) in [5.41, 5.74) is 0. The van der Waals surface area contributed by atoms with Crippen molar-refractivity contribution in [3.63, 3.8) is 0 Å². The van der Waals surface area contributed by atoms with Crippen LogP contribution in [-0.4, -0.2) is 61.5 Å². The first-order valence-electron chi connectivity index (χ1n) is 11.5. The van der Waals surface area contributed by atoms with Gasteiger partial charge in [0.1, 0.15) is 11.6 Å². The molecule has 2 fully saturated rings. The van der Waals surface area contributed by atoms with E-state index in [4.69, 9.17) is 26.9 Å². The van der Waals surface area contributed by atoms with Crippen molar-refractivity contribution in [1.29, 1.82) is 0 Å². The fourth-order valence-corrected chi connectivity index (χ4v) is 4.71. The van der Waals surface area contributed by atoms with E-state index in [9.17, 15) is 0 Å². The van der Waals surface area contributed by atoms with Gasteiger partial charge in [0.15, 0.2) is 5.11 Å². The lowest BCUT2D eigenvalue weighted by molar-refractivity contribution is 0.196. The Morgan fingerprint density at radius 1 is 1.07 bits per heavy atom. The zero-order chi connectivity index (χ0) is 21.3. The molecule has 7 nitrogen and oxygen atoms in total. The van der Waals surface area contributed by atoms with Crippen LogP contribution in [0.15, 0.2) is 6.07 Å². The zero-order valence-electron chi connectivity index (χ0n) is 18.8. The van der Waals surface area contributed by atoms with Crippen molar-refractivity contribution in [2.24, 2.45) is 11.8 Å². The summed E-state index contributed by atoms with van der Waals surface area (Å²) in [6.07, 6.45) is 7.23. The van der Waals surface area contributed by atoms with Gasteiger partial charge in [-0.1, -0.05) is 26.7 Å². The van der Waals surface area contributed by atoms with Crippen molar-refractivity contribution in [2.75, 3.05) is 61.6 Å². The van der Waals surface area contributed by atoms with Crippen LogP contribution in [0, 0.1) is 11.8 Å². The van der Waals surface area contributed by atoms with E-state index in [1.54, 1.807) is 7.11 Å². The van der Waals surface area contributed by atoms with Crippen molar-refractivity contribution < 1.29 is 4.74 Å². The van der Waals surface area contributed by atoms with E-state index in [-0.39, 0.29) is 0 Å². The molecule has 0 aromatic carbocycles. The normalized spacial score (nSPS) is 22.5. The quantitative estimate of drug-likeness (QED) is 0.498. The van der Waals surface area contributed by atoms with E-state index in [1.807, 2.05) is 0 Å². The molecule has 0 aliphatic carbocycles. The van der Waals surface area contributed by atoms with Crippen LogP contribution in [-0.2, 0) is 4.74 Å². The van der Waals surface area contributed by atoms with Crippen molar-refractivity contribution in [2.45, 2.75) is 52.4 Å². The van der Waals surface area contributed by atoms with E-state index >= 15 is 0 Å². The third kappa shape index (κ3) is 6.94. The van der Waals surface area contributed by atoms with Gasteiger partial charge in [-0.25, -0.2) is 0 Å². The molecule has 0 amide bonds. The van der Waals surface area contributed by atoms with Crippen molar-refractivity contribution >= 4 is 34.9 Å². The van der Waals surface area contributed by atoms with Gasteiger partial charge in [0.05, 0.1) is 0 Å². The van der Waals surface area contributed by atoms with Gasteiger partial charge >= 0.3 is 0 Å². The summed E-state index contributed by atoms with van der Waals surface area (Å²) in [4.78, 5) is 14.5. The first-order chi connectivity index (χ1) is 14.5. The number of aromatic nitrogens is 2. The average Bonchev–Trinajstić information content (AvgIpc) is 3.00. The van der Waals surface area contributed by atoms with Crippen molar-refractivity contribution in [3.05, 3.63) is 6.07 Å². The highest BCUT2D eigenvalue weighted by molar-refractivity contribution is 7.80. The van der Waals surface area contributed by atoms with E-state index in [0.717, 1.165) is 50.8 Å². The molecule has 2 aliphatic heterocycles. The minimum Gasteiger partial charge on any atom is -0.385 e. The molecule has 2 saturated heterocycles. The molecule has 0 spiro atoms. The number of piperidine rings is 1. The zero-order valence-corrected chi connectivity index (χ0v) is 19.6. The van der Waals surface area contributed by atoms with Crippen LogP contribution in [0.3, 0.4) is 0 Å². The highest BCUT2D eigenvalue weighted by atomic mass is 32.1. The van der Waals surface area contributed by atoms with Gasteiger partial charge in [0, 0.05) is 52.5 Å². The van der Waals surface area contributed by atoms with Crippen LogP contribution >= 0.6 is 12.2 Å². The number of rotatable bonds is 7. The number of nitrogens with one attached hydrogen (secondary N) is 2. The number of ether oxygens (including phenoxy) is 1. The molecule has 0 saturated carbocycles. The predicted molar refractivity (Wildman–Crippen MR) is 129 cm³/mol. The summed E-state index contributed by atoms with van der Waals surface area (Å²) in [5, 5.41) is 7.00. The van der Waals surface area contributed by atoms with Gasteiger partial charge in [-0.3, -0.25) is 0 Å². The summed E-state index contributed by atoms with van der Waals surface area (Å²) in [7, 11) is 1.71. The molecule has 1 aromatic rings. The fourth-order valence-electron chi connectivity index (χ4n) is 4.52. The monoisotopic (exact) mass is 434 g/mol. The summed E-state index contributed by atoms with van der Waals surface area (Å²) in [5.74, 6) is 3.95. The first-order valence-corrected chi connectivity index (χ1v) is 11.9. The lowest BCUT2D eigenvalue weighted by Crippen LogP contribution is -2.39. The SMILES string of the molecule is COCCCNC(=S)Nc1nc(N2CCCCCC2)cc(N2C[C@H](C)C[C@H](C)C2)n1. The van der Waals surface area contributed by atoms with Gasteiger partial charge in [-0.05, 0) is 49.7 Å². The van der Waals surface area contributed by atoms with Crippen LogP contribution in [0.5, 0.6) is 0 Å². The van der Waals surface area contributed by atoms with Crippen LogP contribution < -0.4 is 20.4 Å². The maximum absolute atomic E-state index is 5.47. The molecular formula is C22H38N6OS. The fraction of sp³-hybridized carbons (Fsp3) is 0.773. The Hall–Kier alpha value is -1.67. The standard InChI is InChI=1S/C22H38N6OS/c1-17-13-18(2)16-28(15-17)20-14-19(27-10-6-4-5-7-11-27)24-21(25-20)26-22(30)23-9-8-12-29-3/h14,17-18H,4-13,15-16H2,1-3H3,(H2,23,24,25,26,30)/t17-,18+. The molecule has 0 radical (unpaired) electrons. The van der Waals surface area contributed by atoms with Gasteiger partial charge in [0.25, 0.3) is 0 Å². The maximum atomic E-state index is 5.47. The number of methoxy groups -OCH3 is 1. The Kier molecular flexibility index (Phi) is 8.93. The number of thiocarbonyl (C=S) groups is 1. The Morgan fingerprint density at radius 2 is 1.70 bits per heavy atom. The van der Waals surface area contributed by atoms with Gasteiger partial charge in [-0.15, -0.1) is 0 Å². The lowest BCUT2D eigenvalue weighted by atomic mass is 9.92. The van der Waals surface area contributed by atoms with E-state index < -0.39 is 0 Å². The number of hydrogen-bond donors (Lipinski definition) is 2. The predicted octanol–water partition coefficient (Wildman–Crippen LogP) is 3.66. The molecule has 3 rings (SSSR count). The second kappa shape index (κ2) is 11.6. The maximum Gasteiger partial charge on any atom is 0.232 e. The van der Waals surface area contributed by atoms with Crippen molar-refractivity contribution in [3.8, 4) is 0 Å². The molecule has 2 aliphatic rings. The second-order valence-corrected chi connectivity index (χ2v) is 9.30. The number of nitrogens with zero attached hydrogens (tertiary/aromatic N) is 4. The highest BCUT2D eigenvalue weighted by Crippen LogP contribution is 2.29. The average molecular weight is 435 g/mol. The topological polar surface area (TPSA) is 65.6 Å². The van der Waals surface area contributed by atoms with Gasteiger partial charge in [-0.2, -0.15) is 9.97 Å². The molecule has 2 N–H and O–H groups in total. The lowest BCUT2D eigenvalue weighted by Gasteiger charge is -2.36. The molecule has 0 unspecified atom stereocenters. The van der Waals surface area contributed by atoms with E-state index in [2.05, 4.69) is 40.3 Å². The van der Waals surface area contributed by atoms with Crippen LogP contribution in [0.4, 0.5) is 17.6 Å². The Bertz CT molecular complexity index is 670. The third-order valence-corrected chi connectivity index (χ3v) is 6.10. The molecule has 2 atom stereocenters. The van der Waals surface area contributed by atoms with Crippen molar-refractivity contribution in [1.82, 2.24) is 15.3 Å². The minimum absolute atomic E-state index is 0.561. The van der Waals surface area contributed by atoms with Gasteiger partial charge in [0.2, 0.25) is 5.95 Å². The Balaban J connectivity index is 1.78. The van der Waals surface area contributed by atoms with Gasteiger partial charge < -0.3 is 25.2 Å². The minimum atomic E-state index is 0.561. The highest BCUT2D eigenvalue weighted by Gasteiger charge is 2.24. The molecule has 168 valence electrons. The summed E-state index contributed by atoms with van der Waals surface area (Å²) in [6.45, 7) is 10.3. The molecular weight excluding hydrogens is 396 g/mol. The van der Waals surface area contributed by atoms with E-state index in [1.165, 1.54) is 32.1 Å². The summed E-state index contributed by atoms with van der Waals surface area (Å²) >= 11 is 5.47. The molecule has 0 bridgehead atoms. The smallest absolute Gasteiger partial charge is 0.232 e. The Labute approximate surface area is 187 Å². The summed E-state index contributed by atoms with van der Waals surface area (Å²) in [6, 6.07) is 2.18. The van der Waals surface area contributed by atoms with Crippen LogP contribution in [0.1, 0.15) is 52.4 Å². The van der Waals surface area contributed by atoms with Crippen LogP contribution in [0.2, 0.25) is 0 Å². The molecule has 8 heteroatoms. The second-order valence-electron chi connectivity index (χ2n) is 8.89. The number of anilines is 3. The number of hydrogen-bond acceptors (Lipinski definition) is 6. The summed E-state index contributed by atoms with van der Waals surface area (Å²) < 4.78 is 5.10. The van der Waals surface area contributed by atoms with E-state index in [0.29, 0.717) is 29.5 Å². The Morgan fingerprint density at radius 3 is 2.33 bits per heavy atom. The first kappa shape index (κ1) is 23.0.